The van der Waals surface area contributed by atoms with Crippen molar-refractivity contribution in [2.24, 2.45) is 7.05 Å². The number of carbonyl (C=O) groups is 2. The maximum Gasteiger partial charge on any atom is 0.209 e. The smallest absolute Gasteiger partial charge is 0.209 e. The lowest BCUT2D eigenvalue weighted by molar-refractivity contribution is -0.116. The molecule has 14 heavy (non-hydrogen) atoms. The summed E-state index contributed by atoms with van der Waals surface area (Å²) in [6.45, 7) is 0.593. The largest absolute Gasteiger partial charge is 0.348 e. The predicted molar refractivity (Wildman–Crippen MR) is 51.0 cm³/mol. The van der Waals surface area contributed by atoms with Crippen molar-refractivity contribution < 1.29 is 9.59 Å². The normalized spacial score (nSPS) is 9.86. The molecule has 5 heteroatoms. The first-order valence-electron chi connectivity index (χ1n) is 4.30. The van der Waals surface area contributed by atoms with E-state index in [2.05, 4.69) is 5.10 Å². The minimum Gasteiger partial charge on any atom is -0.348 e. The lowest BCUT2D eigenvalue weighted by atomic mass is 10.2. The third kappa shape index (κ3) is 2.42. The van der Waals surface area contributed by atoms with Gasteiger partial charge < -0.3 is 4.90 Å². The van der Waals surface area contributed by atoms with E-state index in [4.69, 9.17) is 0 Å². The van der Waals surface area contributed by atoms with E-state index < -0.39 is 0 Å². The summed E-state index contributed by atoms with van der Waals surface area (Å²) >= 11 is 0. The fourth-order valence-electron chi connectivity index (χ4n) is 1.20. The van der Waals surface area contributed by atoms with Gasteiger partial charge in [-0.25, -0.2) is 0 Å². The van der Waals surface area contributed by atoms with Gasteiger partial charge in [-0.2, -0.15) is 5.10 Å². The van der Waals surface area contributed by atoms with Crippen LogP contribution in [0.3, 0.4) is 0 Å². The number of nitrogens with zero attached hydrogens (tertiary/aromatic N) is 3. The summed E-state index contributed by atoms with van der Waals surface area (Å²) in [6.07, 6.45) is 3.94. The van der Waals surface area contributed by atoms with E-state index in [9.17, 15) is 9.59 Å². The quantitative estimate of drug-likeness (QED) is 0.615. The first-order valence-corrected chi connectivity index (χ1v) is 4.30. The van der Waals surface area contributed by atoms with Crippen molar-refractivity contribution in [3.8, 4) is 0 Å². The Morgan fingerprint density at radius 3 is 2.86 bits per heavy atom. The molecule has 1 rings (SSSR count). The third-order valence-corrected chi connectivity index (χ3v) is 1.96. The molecular weight excluding hydrogens is 182 g/mol. The lowest BCUT2D eigenvalue weighted by Gasteiger charge is -2.08. The first-order chi connectivity index (χ1) is 6.67. The van der Waals surface area contributed by atoms with Crippen molar-refractivity contribution in [1.82, 2.24) is 14.7 Å². The van der Waals surface area contributed by atoms with E-state index in [1.165, 1.54) is 4.90 Å². The number of aromatic nitrogens is 2. The number of hydrogen-bond acceptors (Lipinski definition) is 3. The average Bonchev–Trinajstić information content (AvgIpc) is 2.55. The Morgan fingerprint density at radius 1 is 1.57 bits per heavy atom. The zero-order valence-corrected chi connectivity index (χ0v) is 8.30. The van der Waals surface area contributed by atoms with Gasteiger partial charge in [0.15, 0.2) is 6.29 Å². The summed E-state index contributed by atoms with van der Waals surface area (Å²) in [4.78, 5) is 22.4. The topological polar surface area (TPSA) is 55.2 Å². The molecule has 1 amide bonds. The molecule has 0 aliphatic rings. The number of aryl methyl sites for hydroxylation is 1. The second kappa shape index (κ2) is 4.55. The standard InChI is InChI=1S/C9H13N3O2/c1-11(7-14)4-3-8-5-12(2)10-9(8)6-13/h5-7H,3-4H2,1-2H3. The minimum atomic E-state index is 0.451. The molecule has 0 aliphatic heterocycles. The van der Waals surface area contributed by atoms with Crippen LogP contribution in [-0.4, -0.2) is 41.0 Å². The number of carbonyl (C=O) groups excluding carboxylic acids is 2. The number of aldehydes is 1. The summed E-state index contributed by atoms with van der Waals surface area (Å²) in [5.74, 6) is 0. The maximum absolute atomic E-state index is 10.6. The molecule has 0 N–H and O–H groups in total. The highest BCUT2D eigenvalue weighted by molar-refractivity contribution is 5.73. The molecule has 1 heterocycles. The molecule has 0 radical (unpaired) electrons. The SMILES string of the molecule is CN(C=O)CCc1cn(C)nc1C=O. The van der Waals surface area contributed by atoms with Crippen molar-refractivity contribution in [1.29, 1.82) is 0 Å². The number of amides is 1. The van der Waals surface area contributed by atoms with Gasteiger partial charge in [-0.1, -0.05) is 0 Å². The lowest BCUT2D eigenvalue weighted by Crippen LogP contribution is -2.19. The molecule has 5 nitrogen and oxygen atoms in total. The molecule has 0 unspecified atom stereocenters. The van der Waals surface area contributed by atoms with Gasteiger partial charge in [-0.15, -0.1) is 0 Å². The Kier molecular flexibility index (Phi) is 3.39. The van der Waals surface area contributed by atoms with Crippen LogP contribution in [0.4, 0.5) is 0 Å². The van der Waals surface area contributed by atoms with Crippen LogP contribution in [0.2, 0.25) is 0 Å². The summed E-state index contributed by atoms with van der Waals surface area (Å²) in [5.41, 5.74) is 1.32. The van der Waals surface area contributed by atoms with Gasteiger partial charge in [0.25, 0.3) is 0 Å². The second-order valence-corrected chi connectivity index (χ2v) is 3.17. The van der Waals surface area contributed by atoms with Crippen molar-refractivity contribution in [2.45, 2.75) is 6.42 Å². The van der Waals surface area contributed by atoms with Crippen LogP contribution in [0, 0.1) is 0 Å². The summed E-state index contributed by atoms with van der Waals surface area (Å²) < 4.78 is 1.60. The van der Waals surface area contributed by atoms with Crippen molar-refractivity contribution in [3.63, 3.8) is 0 Å². The van der Waals surface area contributed by atoms with Crippen LogP contribution >= 0.6 is 0 Å². The highest BCUT2D eigenvalue weighted by atomic mass is 16.1. The van der Waals surface area contributed by atoms with Crippen molar-refractivity contribution in [2.75, 3.05) is 13.6 Å². The molecule has 76 valence electrons. The van der Waals surface area contributed by atoms with Crippen molar-refractivity contribution in [3.05, 3.63) is 17.5 Å². The van der Waals surface area contributed by atoms with Gasteiger partial charge in [0.2, 0.25) is 6.41 Å². The number of likely N-dealkylation sites (N-methyl/N-ethyl adjacent to an activating group) is 1. The Hall–Kier alpha value is -1.65. The van der Waals surface area contributed by atoms with Crippen LogP contribution in [-0.2, 0) is 18.3 Å². The maximum atomic E-state index is 10.6. The molecule has 0 bridgehead atoms. The van der Waals surface area contributed by atoms with Crippen molar-refractivity contribution >= 4 is 12.7 Å². The zero-order chi connectivity index (χ0) is 10.6. The average molecular weight is 195 g/mol. The molecule has 0 spiro atoms. The van der Waals surface area contributed by atoms with Gasteiger partial charge in [-0.3, -0.25) is 14.3 Å². The third-order valence-electron chi connectivity index (χ3n) is 1.96. The fourth-order valence-corrected chi connectivity index (χ4v) is 1.20. The van der Waals surface area contributed by atoms with Crippen LogP contribution in [0.15, 0.2) is 6.20 Å². The number of hydrogen-bond donors (Lipinski definition) is 0. The van der Waals surface area contributed by atoms with E-state index in [1.807, 2.05) is 0 Å². The highest BCUT2D eigenvalue weighted by Crippen LogP contribution is 2.04. The van der Waals surface area contributed by atoms with Crippen LogP contribution < -0.4 is 0 Å². The van der Waals surface area contributed by atoms with E-state index >= 15 is 0 Å². The number of rotatable bonds is 5. The molecule has 0 saturated heterocycles. The fraction of sp³-hybridized carbons (Fsp3) is 0.444. The Bertz CT molecular complexity index is 333. The molecular formula is C9H13N3O2. The molecule has 0 aromatic carbocycles. The van der Waals surface area contributed by atoms with E-state index in [0.29, 0.717) is 18.7 Å². The highest BCUT2D eigenvalue weighted by Gasteiger charge is 2.06. The van der Waals surface area contributed by atoms with E-state index in [0.717, 1.165) is 18.3 Å². The Balaban J connectivity index is 2.65. The molecule has 0 saturated carbocycles. The van der Waals surface area contributed by atoms with Crippen LogP contribution in [0.5, 0.6) is 0 Å². The van der Waals surface area contributed by atoms with Gasteiger partial charge in [0, 0.05) is 32.4 Å². The van der Waals surface area contributed by atoms with Gasteiger partial charge in [0.1, 0.15) is 5.69 Å². The van der Waals surface area contributed by atoms with Gasteiger partial charge in [-0.05, 0) is 6.42 Å². The predicted octanol–water partition coefficient (Wildman–Crippen LogP) is -0.137. The summed E-state index contributed by atoms with van der Waals surface area (Å²) in [7, 11) is 3.46. The van der Waals surface area contributed by atoms with E-state index in [-0.39, 0.29) is 0 Å². The monoisotopic (exact) mass is 195 g/mol. The molecule has 0 fully saturated rings. The van der Waals surface area contributed by atoms with Crippen LogP contribution in [0.1, 0.15) is 16.1 Å². The molecule has 0 atom stereocenters. The molecule has 1 aromatic rings. The second-order valence-electron chi connectivity index (χ2n) is 3.17. The van der Waals surface area contributed by atoms with Gasteiger partial charge >= 0.3 is 0 Å². The zero-order valence-electron chi connectivity index (χ0n) is 8.30. The minimum absolute atomic E-state index is 0.451. The van der Waals surface area contributed by atoms with Gasteiger partial charge in [0.05, 0.1) is 0 Å². The van der Waals surface area contributed by atoms with E-state index in [1.54, 1.807) is 25.0 Å². The molecule has 0 aliphatic carbocycles. The molecule has 1 aromatic heterocycles. The summed E-state index contributed by atoms with van der Waals surface area (Å²) in [6, 6.07) is 0. The summed E-state index contributed by atoms with van der Waals surface area (Å²) in [5, 5.41) is 3.97. The van der Waals surface area contributed by atoms with Crippen LogP contribution in [0.25, 0.3) is 0 Å². The Labute approximate surface area is 82.3 Å². The first kappa shape index (κ1) is 10.4. The Morgan fingerprint density at radius 2 is 2.29 bits per heavy atom.